The first kappa shape index (κ1) is 18.0. The molecule has 1 saturated carbocycles. The normalized spacial score (nSPS) is 26.9. The summed E-state index contributed by atoms with van der Waals surface area (Å²) in [6.07, 6.45) is 4.27. The minimum Gasteiger partial charge on any atom is -0.481 e. The zero-order chi connectivity index (χ0) is 17.0. The number of amides is 1. The van der Waals surface area contributed by atoms with Crippen LogP contribution in [-0.2, 0) is 9.53 Å². The van der Waals surface area contributed by atoms with E-state index in [0.29, 0.717) is 5.92 Å². The molecule has 2 aliphatic rings. The standard InChI is InChI=1S/C17H30N2O4/c1-17(2,3)23-16(22)18-14-5-4-12(10-14)11-19-8-6-13(7-9-19)15(20)21/h12-14H,4-11H2,1-3H3,(H,18,22)(H,20,21)/t12-,14+/m0/s1. The summed E-state index contributed by atoms with van der Waals surface area (Å²) in [5.74, 6) is -0.250. The first-order valence-corrected chi connectivity index (χ1v) is 8.67. The van der Waals surface area contributed by atoms with Gasteiger partial charge in [-0.15, -0.1) is 0 Å². The molecule has 0 radical (unpaired) electrons. The minimum absolute atomic E-state index is 0.170. The Labute approximate surface area is 138 Å². The Morgan fingerprint density at radius 2 is 1.83 bits per heavy atom. The largest absolute Gasteiger partial charge is 0.481 e. The monoisotopic (exact) mass is 326 g/mol. The van der Waals surface area contributed by atoms with Crippen LogP contribution in [0.15, 0.2) is 0 Å². The molecule has 1 aliphatic heterocycles. The summed E-state index contributed by atoms with van der Waals surface area (Å²) < 4.78 is 5.30. The average Bonchev–Trinajstić information content (AvgIpc) is 2.84. The summed E-state index contributed by atoms with van der Waals surface area (Å²) in [5.41, 5.74) is -0.462. The molecule has 1 aliphatic carbocycles. The van der Waals surface area contributed by atoms with Crippen LogP contribution in [0.4, 0.5) is 4.79 Å². The van der Waals surface area contributed by atoms with Crippen LogP contribution in [-0.4, -0.2) is 53.3 Å². The highest BCUT2D eigenvalue weighted by molar-refractivity contribution is 5.70. The van der Waals surface area contributed by atoms with Crippen molar-refractivity contribution >= 4 is 12.1 Å². The molecule has 0 aromatic rings. The van der Waals surface area contributed by atoms with Crippen molar-refractivity contribution < 1.29 is 19.4 Å². The van der Waals surface area contributed by atoms with E-state index in [1.165, 1.54) is 0 Å². The van der Waals surface area contributed by atoms with Crippen LogP contribution in [0.5, 0.6) is 0 Å². The van der Waals surface area contributed by atoms with Gasteiger partial charge in [-0.3, -0.25) is 4.79 Å². The van der Waals surface area contributed by atoms with E-state index in [9.17, 15) is 9.59 Å². The fourth-order valence-corrected chi connectivity index (χ4v) is 3.57. The van der Waals surface area contributed by atoms with E-state index in [-0.39, 0.29) is 18.1 Å². The third-order valence-corrected chi connectivity index (χ3v) is 4.72. The van der Waals surface area contributed by atoms with Gasteiger partial charge in [-0.25, -0.2) is 4.79 Å². The van der Waals surface area contributed by atoms with Gasteiger partial charge in [0.2, 0.25) is 0 Å². The lowest BCUT2D eigenvalue weighted by Crippen LogP contribution is -2.40. The predicted octanol–water partition coefficient (Wildman–Crippen LogP) is 2.48. The lowest BCUT2D eigenvalue weighted by atomic mass is 9.96. The van der Waals surface area contributed by atoms with E-state index in [0.717, 1.165) is 51.7 Å². The number of nitrogens with zero attached hydrogens (tertiary/aromatic N) is 1. The lowest BCUT2D eigenvalue weighted by Gasteiger charge is -2.31. The van der Waals surface area contributed by atoms with Gasteiger partial charge in [0.15, 0.2) is 0 Å². The van der Waals surface area contributed by atoms with Crippen molar-refractivity contribution in [1.82, 2.24) is 10.2 Å². The van der Waals surface area contributed by atoms with E-state index in [1.807, 2.05) is 20.8 Å². The van der Waals surface area contributed by atoms with E-state index < -0.39 is 11.6 Å². The molecule has 0 unspecified atom stereocenters. The second-order valence-corrected chi connectivity index (χ2v) is 7.94. The van der Waals surface area contributed by atoms with Crippen LogP contribution < -0.4 is 5.32 Å². The predicted molar refractivity (Wildman–Crippen MR) is 87.3 cm³/mol. The maximum absolute atomic E-state index is 11.8. The quantitative estimate of drug-likeness (QED) is 0.830. The molecular formula is C17H30N2O4. The van der Waals surface area contributed by atoms with Crippen LogP contribution in [0.2, 0.25) is 0 Å². The van der Waals surface area contributed by atoms with Crippen molar-refractivity contribution in [1.29, 1.82) is 0 Å². The third-order valence-electron chi connectivity index (χ3n) is 4.72. The van der Waals surface area contributed by atoms with Crippen molar-refractivity contribution in [2.75, 3.05) is 19.6 Å². The van der Waals surface area contributed by atoms with Crippen LogP contribution >= 0.6 is 0 Å². The minimum atomic E-state index is -0.660. The molecule has 2 fully saturated rings. The van der Waals surface area contributed by atoms with Gasteiger partial charge in [-0.2, -0.15) is 0 Å². The Hall–Kier alpha value is -1.30. The molecule has 6 heteroatoms. The Balaban J connectivity index is 1.68. The number of likely N-dealkylation sites (tertiary alicyclic amines) is 1. The molecular weight excluding hydrogens is 296 g/mol. The number of carbonyl (C=O) groups excluding carboxylic acids is 1. The Morgan fingerprint density at radius 3 is 2.39 bits per heavy atom. The number of carboxylic acid groups (broad SMARTS) is 1. The van der Waals surface area contributed by atoms with E-state index >= 15 is 0 Å². The fourth-order valence-electron chi connectivity index (χ4n) is 3.57. The first-order valence-electron chi connectivity index (χ1n) is 8.67. The summed E-state index contributed by atoms with van der Waals surface area (Å²) >= 11 is 0. The topological polar surface area (TPSA) is 78.9 Å². The summed E-state index contributed by atoms with van der Waals surface area (Å²) in [6, 6.07) is 0.200. The van der Waals surface area contributed by atoms with Gasteiger partial charge in [-0.05, 0) is 71.9 Å². The molecule has 132 valence electrons. The molecule has 2 N–H and O–H groups in total. The van der Waals surface area contributed by atoms with Crippen molar-refractivity contribution in [2.24, 2.45) is 11.8 Å². The van der Waals surface area contributed by atoms with Gasteiger partial charge in [0.25, 0.3) is 0 Å². The van der Waals surface area contributed by atoms with Crippen LogP contribution in [0.1, 0.15) is 52.9 Å². The number of ether oxygens (including phenoxy) is 1. The lowest BCUT2D eigenvalue weighted by molar-refractivity contribution is -0.143. The van der Waals surface area contributed by atoms with E-state index in [1.54, 1.807) is 0 Å². The number of piperidine rings is 1. The molecule has 1 saturated heterocycles. The number of aliphatic carboxylic acids is 1. The van der Waals surface area contributed by atoms with Crippen molar-refractivity contribution in [2.45, 2.75) is 64.5 Å². The third kappa shape index (κ3) is 6.01. The molecule has 1 heterocycles. The molecule has 0 spiro atoms. The average molecular weight is 326 g/mol. The van der Waals surface area contributed by atoms with Gasteiger partial charge >= 0.3 is 12.1 Å². The van der Waals surface area contributed by atoms with Gasteiger partial charge in [0, 0.05) is 12.6 Å². The zero-order valence-electron chi connectivity index (χ0n) is 14.5. The Kier molecular flexibility index (Phi) is 5.89. The van der Waals surface area contributed by atoms with Crippen molar-refractivity contribution in [3.8, 4) is 0 Å². The molecule has 2 rings (SSSR count). The maximum atomic E-state index is 11.8. The van der Waals surface area contributed by atoms with Crippen molar-refractivity contribution in [3.63, 3.8) is 0 Å². The van der Waals surface area contributed by atoms with Crippen LogP contribution in [0.3, 0.4) is 0 Å². The molecule has 0 aromatic heterocycles. The molecule has 1 amide bonds. The van der Waals surface area contributed by atoms with Gasteiger partial charge < -0.3 is 20.1 Å². The smallest absolute Gasteiger partial charge is 0.407 e. The SMILES string of the molecule is CC(C)(C)OC(=O)N[C@@H]1CC[C@H](CN2CCC(C(=O)O)CC2)C1. The highest BCUT2D eigenvalue weighted by Gasteiger charge is 2.31. The number of hydrogen-bond donors (Lipinski definition) is 2. The first-order chi connectivity index (χ1) is 10.7. The number of carboxylic acids is 1. The molecule has 0 aromatic carbocycles. The van der Waals surface area contributed by atoms with Gasteiger partial charge in [0.1, 0.15) is 5.60 Å². The highest BCUT2D eigenvalue weighted by Crippen LogP contribution is 2.28. The second kappa shape index (κ2) is 7.51. The van der Waals surface area contributed by atoms with Crippen LogP contribution in [0.25, 0.3) is 0 Å². The number of nitrogens with one attached hydrogen (secondary N) is 1. The fraction of sp³-hybridized carbons (Fsp3) is 0.882. The van der Waals surface area contributed by atoms with E-state index in [2.05, 4.69) is 10.2 Å². The van der Waals surface area contributed by atoms with E-state index in [4.69, 9.17) is 9.84 Å². The maximum Gasteiger partial charge on any atom is 0.407 e. The second-order valence-electron chi connectivity index (χ2n) is 7.94. The number of alkyl carbamates (subject to hydrolysis) is 1. The summed E-state index contributed by atoms with van der Waals surface area (Å²) in [7, 11) is 0. The zero-order valence-corrected chi connectivity index (χ0v) is 14.5. The molecule has 2 atom stereocenters. The summed E-state index contributed by atoms with van der Waals surface area (Å²) in [5, 5.41) is 12.0. The number of rotatable bonds is 4. The molecule has 6 nitrogen and oxygen atoms in total. The summed E-state index contributed by atoms with van der Waals surface area (Å²) in [6.45, 7) is 8.36. The van der Waals surface area contributed by atoms with Crippen LogP contribution in [0, 0.1) is 11.8 Å². The van der Waals surface area contributed by atoms with Crippen molar-refractivity contribution in [3.05, 3.63) is 0 Å². The van der Waals surface area contributed by atoms with Gasteiger partial charge in [-0.1, -0.05) is 0 Å². The highest BCUT2D eigenvalue weighted by atomic mass is 16.6. The Morgan fingerprint density at radius 1 is 1.17 bits per heavy atom. The molecule has 0 bridgehead atoms. The molecule has 23 heavy (non-hydrogen) atoms. The number of carbonyl (C=O) groups is 2. The Bertz CT molecular complexity index is 425. The van der Waals surface area contributed by atoms with Gasteiger partial charge in [0.05, 0.1) is 5.92 Å². The summed E-state index contributed by atoms with van der Waals surface area (Å²) in [4.78, 5) is 25.2. The number of hydrogen-bond acceptors (Lipinski definition) is 4.